The van der Waals surface area contributed by atoms with E-state index in [9.17, 15) is 0 Å². The molecule has 1 aromatic carbocycles. The summed E-state index contributed by atoms with van der Waals surface area (Å²) in [6.45, 7) is 1.07. The van der Waals surface area contributed by atoms with Crippen LogP contribution in [0.1, 0.15) is 5.56 Å². The molecule has 74 valence electrons. The minimum Gasteiger partial charge on any atom is -0.486 e. The summed E-state index contributed by atoms with van der Waals surface area (Å²) >= 11 is 5.64. The number of halogens is 1. The molecule has 14 heavy (non-hydrogen) atoms. The van der Waals surface area contributed by atoms with Crippen molar-refractivity contribution in [1.29, 1.82) is 0 Å². The Labute approximate surface area is 85.7 Å². The molecule has 0 saturated heterocycles. The quantitative estimate of drug-likeness (QED) is 0.440. The van der Waals surface area contributed by atoms with Crippen molar-refractivity contribution >= 4 is 16.8 Å². The lowest BCUT2D eigenvalue weighted by Crippen LogP contribution is -2.15. The van der Waals surface area contributed by atoms with Crippen LogP contribution in [0, 0.1) is 0 Å². The van der Waals surface area contributed by atoms with E-state index in [2.05, 4.69) is 5.16 Å². The molecule has 1 aliphatic rings. The topological polar surface area (TPSA) is 51.1 Å². The van der Waals surface area contributed by atoms with E-state index < -0.39 is 0 Å². The molecule has 1 aromatic rings. The molecule has 1 aliphatic heterocycles. The number of hydrogen-bond donors (Lipinski definition) is 1. The zero-order valence-corrected chi connectivity index (χ0v) is 7.99. The normalized spacial score (nSPS) is 15.4. The number of rotatable bonds is 1. The Morgan fingerprint density at radius 2 is 2.00 bits per heavy atom. The lowest BCUT2D eigenvalue weighted by atomic mass is 10.2. The maximum atomic E-state index is 8.48. The molecule has 0 spiro atoms. The molecule has 4 nitrogen and oxygen atoms in total. The molecular formula is C9H8ClNO3. The van der Waals surface area contributed by atoms with Gasteiger partial charge >= 0.3 is 0 Å². The first kappa shape index (κ1) is 9.15. The second-order valence-corrected chi connectivity index (χ2v) is 3.11. The average molecular weight is 214 g/mol. The second kappa shape index (κ2) is 3.75. The third-order valence-electron chi connectivity index (χ3n) is 1.87. The molecule has 1 heterocycles. The largest absolute Gasteiger partial charge is 0.486 e. The number of hydrogen-bond acceptors (Lipinski definition) is 4. The Bertz CT molecular complexity index is 378. The Balaban J connectivity index is 2.38. The summed E-state index contributed by atoms with van der Waals surface area (Å²) < 4.78 is 10.7. The predicted octanol–water partition coefficient (Wildman–Crippen LogP) is 1.83. The molecule has 1 N–H and O–H groups in total. The van der Waals surface area contributed by atoms with Gasteiger partial charge in [-0.3, -0.25) is 0 Å². The zero-order chi connectivity index (χ0) is 9.97. The molecule has 0 radical (unpaired) electrons. The molecule has 0 atom stereocenters. The van der Waals surface area contributed by atoms with Crippen LogP contribution in [-0.2, 0) is 0 Å². The van der Waals surface area contributed by atoms with Gasteiger partial charge in [-0.05, 0) is 18.2 Å². The van der Waals surface area contributed by atoms with Gasteiger partial charge in [0.05, 0.1) is 0 Å². The van der Waals surface area contributed by atoms with Crippen molar-refractivity contribution in [3.05, 3.63) is 23.8 Å². The van der Waals surface area contributed by atoms with E-state index in [0.717, 1.165) is 0 Å². The lowest BCUT2D eigenvalue weighted by molar-refractivity contribution is 0.171. The monoisotopic (exact) mass is 213 g/mol. The Morgan fingerprint density at radius 3 is 2.71 bits per heavy atom. The minimum absolute atomic E-state index is 0.0296. The van der Waals surface area contributed by atoms with Crippen molar-refractivity contribution in [2.75, 3.05) is 13.2 Å². The fourth-order valence-electron chi connectivity index (χ4n) is 1.23. The highest BCUT2D eigenvalue weighted by molar-refractivity contribution is 6.69. The molecule has 0 aromatic heterocycles. The second-order valence-electron chi connectivity index (χ2n) is 2.75. The van der Waals surface area contributed by atoms with Gasteiger partial charge < -0.3 is 14.7 Å². The van der Waals surface area contributed by atoms with Crippen molar-refractivity contribution in [1.82, 2.24) is 0 Å². The SMILES string of the molecule is O/N=C(\Cl)c1ccc2c(c1)OCCO2. The van der Waals surface area contributed by atoms with Crippen LogP contribution < -0.4 is 9.47 Å². The summed E-state index contributed by atoms with van der Waals surface area (Å²) in [6.07, 6.45) is 0. The molecule has 5 heteroatoms. The highest BCUT2D eigenvalue weighted by Crippen LogP contribution is 2.31. The van der Waals surface area contributed by atoms with Crippen molar-refractivity contribution in [2.24, 2.45) is 5.16 Å². The third-order valence-corrected chi connectivity index (χ3v) is 2.16. The predicted molar refractivity (Wildman–Crippen MR) is 51.6 cm³/mol. The molecule has 2 rings (SSSR count). The number of nitrogens with zero attached hydrogens (tertiary/aromatic N) is 1. The highest BCUT2D eigenvalue weighted by atomic mass is 35.5. The maximum absolute atomic E-state index is 8.48. The van der Waals surface area contributed by atoms with Gasteiger partial charge in [-0.1, -0.05) is 16.8 Å². The number of ether oxygens (including phenoxy) is 2. The molecule has 0 amide bonds. The minimum atomic E-state index is 0.0296. The lowest BCUT2D eigenvalue weighted by Gasteiger charge is -2.18. The van der Waals surface area contributed by atoms with E-state index in [1.807, 2.05) is 0 Å². The smallest absolute Gasteiger partial charge is 0.175 e. The van der Waals surface area contributed by atoms with Gasteiger partial charge in [-0.25, -0.2) is 0 Å². The Hall–Kier alpha value is -1.42. The summed E-state index contributed by atoms with van der Waals surface area (Å²) in [5.41, 5.74) is 0.596. The average Bonchev–Trinajstić information content (AvgIpc) is 2.27. The van der Waals surface area contributed by atoms with Crippen LogP contribution in [0.3, 0.4) is 0 Å². The molecule has 0 bridgehead atoms. The van der Waals surface area contributed by atoms with Crippen LogP contribution >= 0.6 is 11.6 Å². The van der Waals surface area contributed by atoms with Crippen LogP contribution in [0.25, 0.3) is 0 Å². The van der Waals surface area contributed by atoms with E-state index in [4.69, 9.17) is 26.3 Å². The standard InChI is InChI=1S/C9H8ClNO3/c10-9(11-12)6-1-2-7-8(5-6)14-4-3-13-7/h1-2,5,12H,3-4H2/b11-9-. The first-order chi connectivity index (χ1) is 6.81. The number of benzene rings is 1. The van der Waals surface area contributed by atoms with Gasteiger partial charge in [0.2, 0.25) is 0 Å². The molecule has 0 saturated carbocycles. The Kier molecular flexibility index (Phi) is 2.45. The van der Waals surface area contributed by atoms with Crippen molar-refractivity contribution in [3.8, 4) is 11.5 Å². The molecule has 0 fully saturated rings. The van der Waals surface area contributed by atoms with Crippen molar-refractivity contribution in [2.45, 2.75) is 0 Å². The maximum Gasteiger partial charge on any atom is 0.175 e. The highest BCUT2D eigenvalue weighted by Gasteiger charge is 2.13. The summed E-state index contributed by atoms with van der Waals surface area (Å²) in [5, 5.41) is 11.4. The van der Waals surface area contributed by atoms with E-state index in [0.29, 0.717) is 30.3 Å². The van der Waals surface area contributed by atoms with Gasteiger partial charge in [0, 0.05) is 5.56 Å². The van der Waals surface area contributed by atoms with Crippen LogP contribution in [0.4, 0.5) is 0 Å². The van der Waals surface area contributed by atoms with Gasteiger partial charge in [0.25, 0.3) is 0 Å². The van der Waals surface area contributed by atoms with Crippen LogP contribution in [0.2, 0.25) is 0 Å². The number of fused-ring (bicyclic) bond motifs is 1. The third kappa shape index (κ3) is 1.61. The Morgan fingerprint density at radius 1 is 1.29 bits per heavy atom. The van der Waals surface area contributed by atoms with E-state index in [1.165, 1.54) is 0 Å². The van der Waals surface area contributed by atoms with E-state index in [1.54, 1.807) is 18.2 Å². The van der Waals surface area contributed by atoms with E-state index >= 15 is 0 Å². The van der Waals surface area contributed by atoms with Gasteiger partial charge in [-0.15, -0.1) is 0 Å². The first-order valence-corrected chi connectivity index (χ1v) is 4.46. The molecule has 0 aliphatic carbocycles. The fraction of sp³-hybridized carbons (Fsp3) is 0.222. The van der Waals surface area contributed by atoms with Crippen LogP contribution in [0.15, 0.2) is 23.4 Å². The van der Waals surface area contributed by atoms with Crippen LogP contribution in [-0.4, -0.2) is 23.6 Å². The van der Waals surface area contributed by atoms with Gasteiger partial charge in [0.15, 0.2) is 16.7 Å². The molecular weight excluding hydrogens is 206 g/mol. The zero-order valence-electron chi connectivity index (χ0n) is 7.24. The summed E-state index contributed by atoms with van der Waals surface area (Å²) in [5.74, 6) is 1.30. The van der Waals surface area contributed by atoms with Gasteiger partial charge in [0.1, 0.15) is 13.2 Å². The van der Waals surface area contributed by atoms with Crippen molar-refractivity contribution in [3.63, 3.8) is 0 Å². The van der Waals surface area contributed by atoms with Gasteiger partial charge in [-0.2, -0.15) is 0 Å². The summed E-state index contributed by atoms with van der Waals surface area (Å²) in [7, 11) is 0. The number of oxime groups is 1. The molecule has 0 unspecified atom stereocenters. The fourth-order valence-corrected chi connectivity index (χ4v) is 1.35. The summed E-state index contributed by atoms with van der Waals surface area (Å²) in [6, 6.07) is 5.11. The summed E-state index contributed by atoms with van der Waals surface area (Å²) in [4.78, 5) is 0. The first-order valence-electron chi connectivity index (χ1n) is 4.09. The van der Waals surface area contributed by atoms with E-state index in [-0.39, 0.29) is 5.17 Å². The van der Waals surface area contributed by atoms with Crippen molar-refractivity contribution < 1.29 is 14.7 Å². The van der Waals surface area contributed by atoms with Crippen LogP contribution in [0.5, 0.6) is 11.5 Å².